The van der Waals surface area contributed by atoms with Crippen molar-refractivity contribution in [3.05, 3.63) is 52.6 Å². The molecule has 4 nitrogen and oxygen atoms in total. The highest BCUT2D eigenvalue weighted by Gasteiger charge is 2.05. The third-order valence-corrected chi connectivity index (χ3v) is 3.51. The molecule has 3 aromatic rings. The first-order valence-corrected chi connectivity index (χ1v) is 6.73. The lowest BCUT2D eigenvalue weighted by Crippen LogP contribution is -2.02. The first-order chi connectivity index (χ1) is 9.24. The molecule has 1 aromatic heterocycles. The van der Waals surface area contributed by atoms with Crippen LogP contribution in [0.5, 0.6) is 0 Å². The van der Waals surface area contributed by atoms with E-state index in [2.05, 4.69) is 31.4 Å². The summed E-state index contributed by atoms with van der Waals surface area (Å²) in [6, 6.07) is 11.9. The number of nitrogens with two attached hydrogens (primary N) is 1. The van der Waals surface area contributed by atoms with Gasteiger partial charge in [-0.25, -0.2) is 0 Å². The average Bonchev–Trinajstić information content (AvgIpc) is 2.85. The lowest BCUT2D eigenvalue weighted by atomic mass is 10.1. The normalized spacial score (nSPS) is 10.8. The number of benzene rings is 2. The van der Waals surface area contributed by atoms with Crippen LogP contribution in [-0.4, -0.2) is 10.2 Å². The molecule has 0 fully saturated rings. The van der Waals surface area contributed by atoms with Gasteiger partial charge in [-0.15, -0.1) is 0 Å². The minimum atomic E-state index is 0.684. The molecule has 0 saturated carbocycles. The first-order valence-electron chi connectivity index (χ1n) is 5.94. The Morgan fingerprint density at radius 1 is 1.26 bits per heavy atom. The number of para-hydroxylation sites is 1. The third kappa shape index (κ3) is 2.42. The molecular formula is C14H13BrN4. The van der Waals surface area contributed by atoms with E-state index >= 15 is 0 Å². The van der Waals surface area contributed by atoms with Gasteiger partial charge < -0.3 is 11.1 Å². The fourth-order valence-corrected chi connectivity index (χ4v) is 2.51. The van der Waals surface area contributed by atoms with E-state index in [-0.39, 0.29) is 0 Å². The van der Waals surface area contributed by atoms with Crippen molar-refractivity contribution in [2.24, 2.45) is 0 Å². The molecule has 0 spiro atoms. The van der Waals surface area contributed by atoms with E-state index in [1.54, 1.807) is 0 Å². The summed E-state index contributed by atoms with van der Waals surface area (Å²) in [7, 11) is 0. The zero-order valence-electron chi connectivity index (χ0n) is 10.2. The molecule has 0 amide bonds. The Morgan fingerprint density at radius 3 is 2.95 bits per heavy atom. The number of H-pyrrole nitrogens is 1. The lowest BCUT2D eigenvalue weighted by molar-refractivity contribution is 1.12. The zero-order valence-corrected chi connectivity index (χ0v) is 11.7. The van der Waals surface area contributed by atoms with Crippen molar-refractivity contribution in [1.82, 2.24) is 10.2 Å². The third-order valence-electron chi connectivity index (χ3n) is 3.05. The minimum absolute atomic E-state index is 0.684. The molecule has 0 aliphatic heterocycles. The smallest absolute Gasteiger partial charge is 0.0682 e. The summed E-state index contributed by atoms with van der Waals surface area (Å²) in [5, 5.41) is 11.5. The Morgan fingerprint density at radius 2 is 2.11 bits per heavy atom. The molecular weight excluding hydrogens is 304 g/mol. The van der Waals surface area contributed by atoms with Crippen LogP contribution in [0.1, 0.15) is 5.56 Å². The number of aromatic nitrogens is 2. The van der Waals surface area contributed by atoms with Gasteiger partial charge in [0.2, 0.25) is 0 Å². The maximum Gasteiger partial charge on any atom is 0.0682 e. The van der Waals surface area contributed by atoms with Crippen LogP contribution in [0.25, 0.3) is 10.9 Å². The summed E-state index contributed by atoms with van der Waals surface area (Å²) in [6.07, 6.45) is 1.82. The van der Waals surface area contributed by atoms with E-state index in [1.165, 1.54) is 0 Å². The Hall–Kier alpha value is -2.01. The number of hydrogen-bond acceptors (Lipinski definition) is 3. The molecule has 0 radical (unpaired) electrons. The van der Waals surface area contributed by atoms with Gasteiger partial charge in [0.25, 0.3) is 0 Å². The second-order valence-corrected chi connectivity index (χ2v) is 5.25. The summed E-state index contributed by atoms with van der Waals surface area (Å²) in [6.45, 7) is 0.684. The lowest BCUT2D eigenvalue weighted by Gasteiger charge is -2.10. The summed E-state index contributed by atoms with van der Waals surface area (Å²) < 4.78 is 1.01. The van der Waals surface area contributed by atoms with Crippen LogP contribution < -0.4 is 11.1 Å². The fourth-order valence-electron chi connectivity index (χ4n) is 2.05. The van der Waals surface area contributed by atoms with Gasteiger partial charge >= 0.3 is 0 Å². The van der Waals surface area contributed by atoms with Gasteiger partial charge in [-0.2, -0.15) is 5.10 Å². The number of nitrogens with zero attached hydrogens (tertiary/aromatic N) is 1. The molecule has 0 aliphatic carbocycles. The monoisotopic (exact) mass is 316 g/mol. The van der Waals surface area contributed by atoms with Crippen molar-refractivity contribution in [2.75, 3.05) is 11.1 Å². The summed E-state index contributed by atoms with van der Waals surface area (Å²) in [4.78, 5) is 0. The van der Waals surface area contributed by atoms with Crippen LogP contribution >= 0.6 is 15.9 Å². The predicted octanol–water partition coefficient (Wildman–Crippen LogP) is 3.52. The van der Waals surface area contributed by atoms with Gasteiger partial charge in [0.1, 0.15) is 0 Å². The van der Waals surface area contributed by atoms with Crippen LogP contribution in [0, 0.1) is 0 Å². The fraction of sp³-hybridized carbons (Fsp3) is 0.0714. The number of halogens is 1. The molecule has 2 aromatic carbocycles. The molecule has 0 aliphatic rings. The van der Waals surface area contributed by atoms with Crippen molar-refractivity contribution in [2.45, 2.75) is 6.54 Å². The van der Waals surface area contributed by atoms with Crippen molar-refractivity contribution >= 4 is 38.2 Å². The summed E-state index contributed by atoms with van der Waals surface area (Å²) in [5.41, 5.74) is 9.85. The van der Waals surface area contributed by atoms with Crippen LogP contribution in [0.2, 0.25) is 0 Å². The Labute approximate surface area is 119 Å². The second kappa shape index (κ2) is 4.93. The highest BCUT2D eigenvalue weighted by atomic mass is 79.9. The Kier molecular flexibility index (Phi) is 3.13. The van der Waals surface area contributed by atoms with Crippen LogP contribution in [-0.2, 0) is 6.54 Å². The zero-order chi connectivity index (χ0) is 13.2. The second-order valence-electron chi connectivity index (χ2n) is 4.34. The minimum Gasteiger partial charge on any atom is -0.398 e. The average molecular weight is 317 g/mol. The van der Waals surface area contributed by atoms with E-state index in [1.807, 2.05) is 42.6 Å². The van der Waals surface area contributed by atoms with E-state index < -0.39 is 0 Å². The Balaban J connectivity index is 1.90. The molecule has 3 rings (SSSR count). The van der Waals surface area contributed by atoms with Gasteiger partial charge in [-0.1, -0.05) is 34.1 Å². The first kappa shape index (κ1) is 12.0. The highest BCUT2D eigenvalue weighted by Crippen LogP contribution is 2.27. The van der Waals surface area contributed by atoms with Gasteiger partial charge in [-0.05, 0) is 23.8 Å². The predicted molar refractivity (Wildman–Crippen MR) is 82.0 cm³/mol. The SMILES string of the molecule is Nc1ccccc1CNc1cc(Br)cc2[nH]ncc12. The molecule has 19 heavy (non-hydrogen) atoms. The topological polar surface area (TPSA) is 66.7 Å². The molecule has 0 saturated heterocycles. The van der Waals surface area contributed by atoms with Gasteiger partial charge in [0.15, 0.2) is 0 Å². The molecule has 4 N–H and O–H groups in total. The molecule has 0 unspecified atom stereocenters. The Bertz CT molecular complexity index is 720. The number of aromatic amines is 1. The van der Waals surface area contributed by atoms with Crippen LogP contribution in [0.4, 0.5) is 11.4 Å². The van der Waals surface area contributed by atoms with Gasteiger partial charge in [-0.3, -0.25) is 5.10 Å². The van der Waals surface area contributed by atoms with E-state index in [4.69, 9.17) is 5.73 Å². The highest BCUT2D eigenvalue weighted by molar-refractivity contribution is 9.10. The molecule has 96 valence electrons. The number of anilines is 2. The number of nitrogen functional groups attached to an aromatic ring is 1. The standard InChI is InChI=1S/C14H13BrN4/c15-10-5-13(11-8-18-19-14(11)6-10)17-7-9-3-1-2-4-12(9)16/h1-6,8,17H,7,16H2,(H,18,19). The molecule has 0 bridgehead atoms. The summed E-state index contributed by atoms with van der Waals surface area (Å²) in [5.74, 6) is 0. The molecule has 0 atom stereocenters. The van der Waals surface area contributed by atoms with E-state index in [9.17, 15) is 0 Å². The van der Waals surface area contributed by atoms with Crippen molar-refractivity contribution in [1.29, 1.82) is 0 Å². The number of fused-ring (bicyclic) bond motifs is 1. The van der Waals surface area contributed by atoms with Crippen molar-refractivity contribution in [3.8, 4) is 0 Å². The van der Waals surface area contributed by atoms with Gasteiger partial charge in [0, 0.05) is 27.8 Å². The maximum absolute atomic E-state index is 5.94. The van der Waals surface area contributed by atoms with Gasteiger partial charge in [0.05, 0.1) is 11.7 Å². The number of hydrogen-bond donors (Lipinski definition) is 3. The largest absolute Gasteiger partial charge is 0.398 e. The molecule has 1 heterocycles. The number of nitrogens with one attached hydrogen (secondary N) is 2. The molecule has 5 heteroatoms. The van der Waals surface area contributed by atoms with Crippen LogP contribution in [0.15, 0.2) is 47.1 Å². The van der Waals surface area contributed by atoms with Crippen LogP contribution in [0.3, 0.4) is 0 Å². The number of rotatable bonds is 3. The van der Waals surface area contributed by atoms with Crippen molar-refractivity contribution in [3.63, 3.8) is 0 Å². The quantitative estimate of drug-likeness (QED) is 0.648. The van der Waals surface area contributed by atoms with E-state index in [0.29, 0.717) is 6.54 Å². The maximum atomic E-state index is 5.94. The van der Waals surface area contributed by atoms with Crippen molar-refractivity contribution < 1.29 is 0 Å². The summed E-state index contributed by atoms with van der Waals surface area (Å²) >= 11 is 3.50. The van der Waals surface area contributed by atoms with E-state index in [0.717, 1.165) is 32.3 Å².